The summed E-state index contributed by atoms with van der Waals surface area (Å²) in [6.07, 6.45) is 6.69. The van der Waals surface area contributed by atoms with Crippen molar-refractivity contribution in [1.29, 1.82) is 0 Å². The van der Waals surface area contributed by atoms with Crippen molar-refractivity contribution in [2.24, 2.45) is 0 Å². The maximum absolute atomic E-state index is 11.8. The smallest absolute Gasteiger partial charge is 0.341 e. The van der Waals surface area contributed by atoms with Gasteiger partial charge in [-0.25, -0.2) is 14.3 Å². The van der Waals surface area contributed by atoms with Crippen molar-refractivity contribution in [2.45, 2.75) is 57.4 Å². The van der Waals surface area contributed by atoms with E-state index in [2.05, 4.69) is 10.00 Å². The van der Waals surface area contributed by atoms with Crippen LogP contribution in [-0.4, -0.2) is 37.8 Å². The standard InChI is InChI=1S/C17H22N4O2/c1-16(2,3)13-12(15(22)23)14-18-11(5-10-21(14)19-13)20-9-4-6-17(20)7-8-17/h5,10H,4,6-9H2,1-3H3,(H,22,23). The van der Waals surface area contributed by atoms with Gasteiger partial charge < -0.3 is 10.0 Å². The molecule has 2 aromatic rings. The number of anilines is 1. The topological polar surface area (TPSA) is 70.7 Å². The van der Waals surface area contributed by atoms with Gasteiger partial charge in [0.05, 0.1) is 5.69 Å². The molecule has 1 saturated heterocycles. The average Bonchev–Trinajstić information content (AvgIpc) is 2.94. The first kappa shape index (κ1) is 14.5. The number of carbonyl (C=O) groups is 1. The summed E-state index contributed by atoms with van der Waals surface area (Å²) >= 11 is 0. The monoisotopic (exact) mass is 314 g/mol. The van der Waals surface area contributed by atoms with E-state index in [9.17, 15) is 9.90 Å². The third kappa shape index (κ3) is 2.11. The van der Waals surface area contributed by atoms with Crippen molar-refractivity contribution in [3.8, 4) is 0 Å². The molecule has 2 aliphatic rings. The third-order valence-electron chi connectivity index (χ3n) is 5.09. The van der Waals surface area contributed by atoms with Crippen LogP contribution in [0.25, 0.3) is 5.65 Å². The Hall–Kier alpha value is -2.11. The van der Waals surface area contributed by atoms with Gasteiger partial charge in [0.15, 0.2) is 5.65 Å². The first-order valence-electron chi connectivity index (χ1n) is 8.23. The number of hydrogen-bond donors (Lipinski definition) is 1. The van der Waals surface area contributed by atoms with Gasteiger partial charge in [-0.3, -0.25) is 0 Å². The first-order chi connectivity index (χ1) is 10.8. The van der Waals surface area contributed by atoms with Crippen LogP contribution in [0.5, 0.6) is 0 Å². The summed E-state index contributed by atoms with van der Waals surface area (Å²) in [5.41, 5.74) is 1.21. The van der Waals surface area contributed by atoms with Gasteiger partial charge in [-0.1, -0.05) is 20.8 Å². The first-order valence-corrected chi connectivity index (χ1v) is 8.23. The Kier molecular flexibility index (Phi) is 2.81. The average molecular weight is 314 g/mol. The van der Waals surface area contributed by atoms with Crippen LogP contribution >= 0.6 is 0 Å². The van der Waals surface area contributed by atoms with Crippen molar-refractivity contribution < 1.29 is 9.90 Å². The van der Waals surface area contributed by atoms with Gasteiger partial charge in [-0.15, -0.1) is 0 Å². The molecule has 0 aromatic carbocycles. The summed E-state index contributed by atoms with van der Waals surface area (Å²) in [7, 11) is 0. The highest BCUT2D eigenvalue weighted by molar-refractivity contribution is 5.96. The van der Waals surface area contributed by atoms with Crippen molar-refractivity contribution >= 4 is 17.4 Å². The zero-order chi connectivity index (χ0) is 16.4. The Morgan fingerprint density at radius 3 is 2.65 bits per heavy atom. The van der Waals surface area contributed by atoms with Crippen molar-refractivity contribution in [1.82, 2.24) is 14.6 Å². The van der Waals surface area contributed by atoms with Gasteiger partial charge in [-0.05, 0) is 31.7 Å². The molecule has 23 heavy (non-hydrogen) atoms. The molecule has 3 heterocycles. The number of hydrogen-bond acceptors (Lipinski definition) is 4. The second kappa shape index (κ2) is 4.46. The molecule has 4 rings (SSSR count). The number of carboxylic acid groups (broad SMARTS) is 1. The molecule has 0 atom stereocenters. The molecule has 122 valence electrons. The number of carboxylic acids is 1. The van der Waals surface area contributed by atoms with E-state index in [1.165, 1.54) is 25.7 Å². The van der Waals surface area contributed by atoms with E-state index in [4.69, 9.17) is 4.98 Å². The van der Waals surface area contributed by atoms with Gasteiger partial charge in [0.2, 0.25) is 0 Å². The van der Waals surface area contributed by atoms with Gasteiger partial charge in [0.1, 0.15) is 11.4 Å². The Balaban J connectivity index is 1.88. The lowest BCUT2D eigenvalue weighted by molar-refractivity contribution is 0.0696. The maximum Gasteiger partial charge on any atom is 0.341 e. The SMILES string of the molecule is CC(C)(C)c1nn2ccc(N3CCCC34CC4)nc2c1C(=O)O. The van der Waals surface area contributed by atoms with Gasteiger partial charge in [0, 0.05) is 23.7 Å². The lowest BCUT2D eigenvalue weighted by Crippen LogP contribution is -2.31. The number of aromatic carboxylic acids is 1. The molecule has 1 aliphatic carbocycles. The molecule has 6 nitrogen and oxygen atoms in total. The molecule has 1 spiro atoms. The molecule has 1 N–H and O–H groups in total. The van der Waals surface area contributed by atoms with Gasteiger partial charge in [0.25, 0.3) is 0 Å². The van der Waals surface area contributed by atoms with E-state index in [1.54, 1.807) is 4.52 Å². The number of fused-ring (bicyclic) bond motifs is 1. The Morgan fingerprint density at radius 1 is 1.30 bits per heavy atom. The van der Waals surface area contributed by atoms with Crippen LogP contribution in [0.2, 0.25) is 0 Å². The van der Waals surface area contributed by atoms with E-state index in [-0.39, 0.29) is 11.0 Å². The van der Waals surface area contributed by atoms with Crippen LogP contribution in [0.1, 0.15) is 62.5 Å². The molecular weight excluding hydrogens is 292 g/mol. The quantitative estimate of drug-likeness (QED) is 0.923. The maximum atomic E-state index is 11.8. The van der Waals surface area contributed by atoms with E-state index >= 15 is 0 Å². The second-order valence-electron chi connectivity index (χ2n) is 7.81. The molecule has 2 aromatic heterocycles. The van der Waals surface area contributed by atoms with Crippen LogP contribution in [-0.2, 0) is 5.41 Å². The minimum atomic E-state index is -0.961. The highest BCUT2D eigenvalue weighted by atomic mass is 16.4. The summed E-state index contributed by atoms with van der Waals surface area (Å²) < 4.78 is 1.60. The Morgan fingerprint density at radius 2 is 2.04 bits per heavy atom. The van der Waals surface area contributed by atoms with Crippen LogP contribution in [0, 0.1) is 0 Å². The normalized spacial score (nSPS) is 19.7. The predicted octanol–water partition coefficient (Wildman–Crippen LogP) is 2.86. The molecule has 2 fully saturated rings. The van der Waals surface area contributed by atoms with E-state index in [0.717, 1.165) is 12.4 Å². The summed E-state index contributed by atoms with van der Waals surface area (Å²) in [5, 5.41) is 14.2. The summed E-state index contributed by atoms with van der Waals surface area (Å²) in [6.45, 7) is 6.93. The molecule has 1 saturated carbocycles. The molecule has 6 heteroatoms. The zero-order valence-corrected chi connectivity index (χ0v) is 13.8. The van der Waals surface area contributed by atoms with Crippen molar-refractivity contribution in [2.75, 3.05) is 11.4 Å². The highest BCUT2D eigenvalue weighted by Gasteiger charge is 2.51. The van der Waals surface area contributed by atoms with E-state index < -0.39 is 5.97 Å². The van der Waals surface area contributed by atoms with Crippen LogP contribution in [0.4, 0.5) is 5.82 Å². The van der Waals surface area contributed by atoms with Crippen molar-refractivity contribution in [3.05, 3.63) is 23.5 Å². The van der Waals surface area contributed by atoms with E-state index in [1.807, 2.05) is 33.0 Å². The zero-order valence-electron chi connectivity index (χ0n) is 13.8. The van der Waals surface area contributed by atoms with Crippen LogP contribution in [0.3, 0.4) is 0 Å². The molecule has 0 unspecified atom stereocenters. The number of nitrogens with zero attached hydrogens (tertiary/aromatic N) is 4. The number of rotatable bonds is 2. The van der Waals surface area contributed by atoms with Crippen molar-refractivity contribution in [3.63, 3.8) is 0 Å². The predicted molar refractivity (Wildman–Crippen MR) is 87.2 cm³/mol. The molecular formula is C17H22N4O2. The molecule has 0 bridgehead atoms. The summed E-state index contributed by atoms with van der Waals surface area (Å²) in [5.74, 6) is -0.0764. The minimum Gasteiger partial charge on any atom is -0.477 e. The highest BCUT2D eigenvalue weighted by Crippen LogP contribution is 2.50. The Bertz CT molecular complexity index is 799. The lowest BCUT2D eigenvalue weighted by Gasteiger charge is -2.25. The third-order valence-corrected chi connectivity index (χ3v) is 5.09. The Labute approximate surface area is 135 Å². The number of aromatic nitrogens is 3. The molecule has 0 radical (unpaired) electrons. The minimum absolute atomic E-state index is 0.225. The fraction of sp³-hybridized carbons (Fsp3) is 0.588. The largest absolute Gasteiger partial charge is 0.477 e. The fourth-order valence-corrected chi connectivity index (χ4v) is 3.75. The fourth-order valence-electron chi connectivity index (χ4n) is 3.75. The van der Waals surface area contributed by atoms with Crippen LogP contribution < -0.4 is 4.90 Å². The lowest BCUT2D eigenvalue weighted by atomic mass is 9.89. The molecule has 1 aliphatic heterocycles. The second-order valence-corrected chi connectivity index (χ2v) is 7.81. The summed E-state index contributed by atoms with van der Waals surface area (Å²) in [6, 6.07) is 1.96. The van der Waals surface area contributed by atoms with Crippen LogP contribution in [0.15, 0.2) is 12.3 Å². The van der Waals surface area contributed by atoms with Gasteiger partial charge >= 0.3 is 5.97 Å². The summed E-state index contributed by atoms with van der Waals surface area (Å²) in [4.78, 5) is 18.9. The van der Waals surface area contributed by atoms with Gasteiger partial charge in [-0.2, -0.15) is 5.10 Å². The molecule has 0 amide bonds. The van der Waals surface area contributed by atoms with E-state index in [0.29, 0.717) is 16.9 Å².